The second-order valence-corrected chi connectivity index (χ2v) is 8.32. The summed E-state index contributed by atoms with van der Waals surface area (Å²) >= 11 is 6.23. The molecule has 0 unspecified atom stereocenters. The van der Waals surface area contributed by atoms with Crippen LogP contribution >= 0.6 is 11.6 Å². The first-order valence-electron chi connectivity index (χ1n) is 10.5. The second kappa shape index (κ2) is 9.60. The number of hydrogen-bond donors (Lipinski definition) is 1. The van der Waals surface area contributed by atoms with Crippen LogP contribution in [0.4, 0.5) is 0 Å². The van der Waals surface area contributed by atoms with Crippen molar-refractivity contribution in [2.24, 2.45) is 0 Å². The summed E-state index contributed by atoms with van der Waals surface area (Å²) < 4.78 is 1.77. The van der Waals surface area contributed by atoms with Gasteiger partial charge in [-0.15, -0.1) is 0 Å². The van der Waals surface area contributed by atoms with Crippen LogP contribution in [0.2, 0.25) is 5.02 Å². The Kier molecular flexibility index (Phi) is 6.67. The third-order valence-electron chi connectivity index (χ3n) is 5.62. The fourth-order valence-corrected chi connectivity index (χ4v) is 4.05. The molecular weight excluding hydrogens is 398 g/mol. The van der Waals surface area contributed by atoms with Crippen molar-refractivity contribution in [2.75, 3.05) is 46.3 Å². The molecule has 1 saturated heterocycles. The average molecular weight is 426 g/mol. The van der Waals surface area contributed by atoms with Gasteiger partial charge in [-0.3, -0.25) is 9.48 Å². The van der Waals surface area contributed by atoms with Gasteiger partial charge in [0.2, 0.25) is 5.91 Å². The molecule has 0 radical (unpaired) electrons. The normalized spacial score (nSPS) is 15.5. The highest BCUT2D eigenvalue weighted by atomic mass is 35.5. The van der Waals surface area contributed by atoms with Crippen molar-refractivity contribution < 1.29 is 4.79 Å². The molecule has 0 saturated carbocycles. The molecule has 0 atom stereocenters. The molecule has 7 heteroatoms. The van der Waals surface area contributed by atoms with Gasteiger partial charge in [0.25, 0.3) is 0 Å². The maximum absolute atomic E-state index is 12.5. The number of nitrogens with zero attached hydrogens (tertiary/aromatic N) is 4. The molecular formula is C23H28ClN5O. The van der Waals surface area contributed by atoms with Gasteiger partial charge >= 0.3 is 0 Å². The van der Waals surface area contributed by atoms with Crippen molar-refractivity contribution in [1.29, 1.82) is 0 Å². The zero-order chi connectivity index (χ0) is 20.9. The van der Waals surface area contributed by atoms with E-state index in [-0.39, 0.29) is 12.5 Å². The summed E-state index contributed by atoms with van der Waals surface area (Å²) in [7, 11) is 2.16. The minimum atomic E-state index is -0.0210. The van der Waals surface area contributed by atoms with Gasteiger partial charge in [0.05, 0.1) is 5.52 Å². The molecule has 0 aliphatic carbocycles. The van der Waals surface area contributed by atoms with Crippen molar-refractivity contribution >= 4 is 28.4 Å². The van der Waals surface area contributed by atoms with Crippen molar-refractivity contribution in [2.45, 2.75) is 13.0 Å². The minimum absolute atomic E-state index is 0.0210. The van der Waals surface area contributed by atoms with E-state index in [4.69, 9.17) is 16.7 Å². The molecule has 158 valence electrons. The lowest BCUT2D eigenvalue weighted by atomic mass is 10.1. The molecule has 1 aliphatic rings. The van der Waals surface area contributed by atoms with Crippen LogP contribution in [-0.2, 0) is 11.3 Å². The summed E-state index contributed by atoms with van der Waals surface area (Å²) in [5, 5.41) is 9.39. The minimum Gasteiger partial charge on any atom is -0.354 e. The molecule has 0 bridgehead atoms. The summed E-state index contributed by atoms with van der Waals surface area (Å²) in [6.45, 7) is 6.35. The Morgan fingerprint density at radius 3 is 2.63 bits per heavy atom. The summed E-state index contributed by atoms with van der Waals surface area (Å²) in [4.78, 5) is 17.4. The van der Waals surface area contributed by atoms with Gasteiger partial charge in [0.1, 0.15) is 12.2 Å². The van der Waals surface area contributed by atoms with Crippen LogP contribution < -0.4 is 5.32 Å². The molecule has 2 aromatic carbocycles. The molecule has 4 rings (SSSR count). The number of likely N-dealkylation sites (N-methyl/N-ethyl adjacent to an activating group) is 1. The molecule has 6 nitrogen and oxygen atoms in total. The number of hydrogen-bond acceptors (Lipinski definition) is 4. The highest BCUT2D eigenvalue weighted by molar-refractivity contribution is 6.31. The van der Waals surface area contributed by atoms with Gasteiger partial charge in [0, 0.05) is 48.7 Å². The second-order valence-electron chi connectivity index (χ2n) is 7.88. The highest BCUT2D eigenvalue weighted by Gasteiger charge is 2.16. The standard InChI is InChI=1S/C23H28ClN5O/c1-27-12-14-28(15-13-27)11-5-10-25-22(30)17-29-21-9-8-19(24)16-20(21)23(26-29)18-6-3-2-4-7-18/h2-4,6-9,16H,5,10-15,17H2,1H3,(H,25,30). The monoisotopic (exact) mass is 425 g/mol. The van der Waals surface area contributed by atoms with Crippen molar-refractivity contribution in [3.05, 3.63) is 53.6 Å². The molecule has 2 heterocycles. The Labute approximate surface area is 182 Å². The Morgan fingerprint density at radius 2 is 1.87 bits per heavy atom. The Morgan fingerprint density at radius 1 is 1.10 bits per heavy atom. The molecule has 1 aliphatic heterocycles. The van der Waals surface area contributed by atoms with E-state index in [1.807, 2.05) is 48.5 Å². The molecule has 1 amide bonds. The number of benzene rings is 2. The number of aromatic nitrogens is 2. The number of carbonyl (C=O) groups is 1. The molecule has 1 aromatic heterocycles. The predicted octanol–water partition coefficient (Wildman–Crippen LogP) is 3.11. The average Bonchev–Trinajstić information content (AvgIpc) is 3.10. The Bertz CT molecular complexity index is 996. The lowest BCUT2D eigenvalue weighted by molar-refractivity contribution is -0.121. The van der Waals surface area contributed by atoms with Crippen LogP contribution in [-0.4, -0.2) is 71.8 Å². The van der Waals surface area contributed by atoms with Crippen LogP contribution in [0.3, 0.4) is 0 Å². The molecule has 3 aromatic rings. The number of amides is 1. The Hall–Kier alpha value is -2.41. The van der Waals surface area contributed by atoms with Crippen molar-refractivity contribution in [1.82, 2.24) is 24.9 Å². The van der Waals surface area contributed by atoms with Crippen LogP contribution in [0.1, 0.15) is 6.42 Å². The third kappa shape index (κ3) is 5.01. The van der Waals surface area contributed by atoms with E-state index in [2.05, 4.69) is 22.2 Å². The smallest absolute Gasteiger partial charge is 0.241 e. The number of fused-ring (bicyclic) bond motifs is 1. The quantitative estimate of drug-likeness (QED) is 0.591. The van der Waals surface area contributed by atoms with Gasteiger partial charge in [-0.2, -0.15) is 5.10 Å². The molecule has 0 spiro atoms. The molecule has 30 heavy (non-hydrogen) atoms. The van der Waals surface area contributed by atoms with E-state index in [1.165, 1.54) is 0 Å². The van der Waals surface area contributed by atoms with Gasteiger partial charge in [0.15, 0.2) is 0 Å². The van der Waals surface area contributed by atoms with Crippen molar-refractivity contribution in [3.8, 4) is 11.3 Å². The van der Waals surface area contributed by atoms with Crippen LogP contribution in [0.5, 0.6) is 0 Å². The third-order valence-corrected chi connectivity index (χ3v) is 5.86. The van der Waals surface area contributed by atoms with E-state index in [9.17, 15) is 4.79 Å². The van der Waals surface area contributed by atoms with Crippen molar-refractivity contribution in [3.63, 3.8) is 0 Å². The van der Waals surface area contributed by atoms with Crippen LogP contribution in [0.25, 0.3) is 22.2 Å². The fourth-order valence-electron chi connectivity index (χ4n) is 3.88. The first-order chi connectivity index (χ1) is 14.6. The largest absolute Gasteiger partial charge is 0.354 e. The van der Waals surface area contributed by atoms with E-state index >= 15 is 0 Å². The number of carbonyl (C=O) groups excluding carboxylic acids is 1. The zero-order valence-corrected chi connectivity index (χ0v) is 18.1. The summed E-state index contributed by atoms with van der Waals surface area (Å²) in [5.74, 6) is -0.0210. The summed E-state index contributed by atoms with van der Waals surface area (Å²) in [5.41, 5.74) is 2.76. The fraction of sp³-hybridized carbons (Fsp3) is 0.391. The maximum atomic E-state index is 12.5. The van der Waals surface area contributed by atoms with E-state index in [1.54, 1.807) is 4.68 Å². The maximum Gasteiger partial charge on any atom is 0.241 e. The predicted molar refractivity (Wildman–Crippen MR) is 122 cm³/mol. The number of nitrogens with one attached hydrogen (secondary N) is 1. The lowest BCUT2D eigenvalue weighted by Crippen LogP contribution is -2.45. The SMILES string of the molecule is CN1CCN(CCCNC(=O)Cn2nc(-c3ccccc3)c3cc(Cl)ccc32)CC1. The van der Waals surface area contributed by atoms with E-state index < -0.39 is 0 Å². The van der Waals surface area contributed by atoms with Gasteiger partial charge in [-0.1, -0.05) is 41.9 Å². The molecule has 1 N–H and O–H groups in total. The summed E-state index contributed by atoms with van der Waals surface area (Å²) in [6.07, 6.45) is 0.959. The van der Waals surface area contributed by atoms with E-state index in [0.717, 1.165) is 61.3 Å². The zero-order valence-electron chi connectivity index (χ0n) is 17.4. The van der Waals surface area contributed by atoms with Crippen LogP contribution in [0.15, 0.2) is 48.5 Å². The lowest BCUT2D eigenvalue weighted by Gasteiger charge is -2.32. The van der Waals surface area contributed by atoms with E-state index in [0.29, 0.717) is 11.6 Å². The molecule has 1 fully saturated rings. The first kappa shape index (κ1) is 20.8. The van der Waals surface area contributed by atoms with Gasteiger partial charge < -0.3 is 15.1 Å². The van der Waals surface area contributed by atoms with Gasteiger partial charge in [-0.25, -0.2) is 0 Å². The Balaban J connectivity index is 1.38. The van der Waals surface area contributed by atoms with Gasteiger partial charge in [-0.05, 0) is 38.2 Å². The summed E-state index contributed by atoms with van der Waals surface area (Å²) in [6, 6.07) is 15.7. The first-order valence-corrected chi connectivity index (χ1v) is 10.9. The highest BCUT2D eigenvalue weighted by Crippen LogP contribution is 2.30. The number of piperazine rings is 1. The topological polar surface area (TPSA) is 53.4 Å². The number of rotatable bonds is 7. The van der Waals surface area contributed by atoms with Crippen LogP contribution in [0, 0.1) is 0 Å². The number of halogens is 1.